The van der Waals surface area contributed by atoms with Crippen molar-refractivity contribution in [1.82, 2.24) is 30.4 Å². The summed E-state index contributed by atoms with van der Waals surface area (Å²) in [5.74, 6) is 0.0567. The summed E-state index contributed by atoms with van der Waals surface area (Å²) < 4.78 is 13.4. The molecule has 3 heterocycles. The van der Waals surface area contributed by atoms with E-state index in [-0.39, 0.29) is 18.9 Å². The summed E-state index contributed by atoms with van der Waals surface area (Å²) in [6.45, 7) is -0.0291. The first-order valence-electron chi connectivity index (χ1n) is 8.28. The minimum Gasteiger partial charge on any atom is -0.330 e. The molecule has 1 saturated heterocycles. The molecule has 9 heteroatoms. The number of amides is 3. The molecule has 1 fully saturated rings. The van der Waals surface area contributed by atoms with Gasteiger partial charge in [0.15, 0.2) is 5.82 Å². The highest BCUT2D eigenvalue weighted by atomic mass is 19.1. The second kappa shape index (κ2) is 6.94. The SMILES string of the molecule is O=C1CC(c2cccc(F)c2)NC(=O)N1Cc1nc(-c2ccncc2)n[nH]1. The number of hydrogen-bond acceptors (Lipinski definition) is 5. The van der Waals surface area contributed by atoms with Gasteiger partial charge in [0.05, 0.1) is 19.0 Å². The lowest BCUT2D eigenvalue weighted by Crippen LogP contribution is -2.50. The number of nitrogens with one attached hydrogen (secondary N) is 2. The Morgan fingerprint density at radius 2 is 2.00 bits per heavy atom. The molecule has 0 bridgehead atoms. The number of urea groups is 1. The first-order valence-corrected chi connectivity index (χ1v) is 8.28. The van der Waals surface area contributed by atoms with Crippen molar-refractivity contribution in [3.05, 3.63) is 66.0 Å². The third-order valence-electron chi connectivity index (χ3n) is 4.25. The lowest BCUT2D eigenvalue weighted by Gasteiger charge is -2.31. The largest absolute Gasteiger partial charge is 0.330 e. The van der Waals surface area contributed by atoms with Gasteiger partial charge in [0.2, 0.25) is 5.91 Å². The second-order valence-electron chi connectivity index (χ2n) is 6.08. The fourth-order valence-corrected chi connectivity index (χ4v) is 2.91. The van der Waals surface area contributed by atoms with Crippen LogP contribution in [0.25, 0.3) is 11.4 Å². The van der Waals surface area contributed by atoms with E-state index < -0.39 is 17.9 Å². The number of aromatic nitrogens is 4. The Bertz CT molecular complexity index is 972. The predicted molar refractivity (Wildman–Crippen MR) is 92.5 cm³/mol. The Kier molecular flexibility index (Phi) is 4.33. The van der Waals surface area contributed by atoms with Crippen LogP contribution in [-0.4, -0.2) is 37.0 Å². The van der Waals surface area contributed by atoms with Gasteiger partial charge in [-0.25, -0.2) is 14.2 Å². The monoisotopic (exact) mass is 366 g/mol. The van der Waals surface area contributed by atoms with E-state index in [1.165, 1.54) is 12.1 Å². The van der Waals surface area contributed by atoms with Crippen molar-refractivity contribution in [2.24, 2.45) is 0 Å². The average molecular weight is 366 g/mol. The molecule has 2 N–H and O–H groups in total. The van der Waals surface area contributed by atoms with Crippen LogP contribution in [0.1, 0.15) is 23.9 Å². The van der Waals surface area contributed by atoms with Crippen LogP contribution in [0, 0.1) is 5.82 Å². The smallest absolute Gasteiger partial charge is 0.325 e. The van der Waals surface area contributed by atoms with Crippen LogP contribution in [0.4, 0.5) is 9.18 Å². The molecule has 1 unspecified atom stereocenters. The molecule has 1 atom stereocenters. The van der Waals surface area contributed by atoms with Gasteiger partial charge in [0, 0.05) is 18.0 Å². The normalized spacial score (nSPS) is 17.1. The molecule has 1 aliphatic rings. The summed E-state index contributed by atoms with van der Waals surface area (Å²) in [4.78, 5) is 34.1. The summed E-state index contributed by atoms with van der Waals surface area (Å²) in [6, 6.07) is 8.25. The lowest BCUT2D eigenvalue weighted by molar-refractivity contribution is -0.130. The molecule has 3 amide bonds. The molecule has 1 aliphatic heterocycles. The lowest BCUT2D eigenvalue weighted by atomic mass is 10.0. The number of hydrogen-bond donors (Lipinski definition) is 2. The summed E-state index contributed by atoms with van der Waals surface area (Å²) in [6.07, 6.45) is 3.29. The molecule has 0 radical (unpaired) electrons. The quantitative estimate of drug-likeness (QED) is 0.737. The fourth-order valence-electron chi connectivity index (χ4n) is 2.91. The van der Waals surface area contributed by atoms with Crippen molar-refractivity contribution in [3.8, 4) is 11.4 Å². The number of carbonyl (C=O) groups is 2. The number of benzene rings is 1. The predicted octanol–water partition coefficient (Wildman–Crippen LogP) is 2.19. The summed E-state index contributed by atoms with van der Waals surface area (Å²) >= 11 is 0. The number of aromatic amines is 1. The summed E-state index contributed by atoms with van der Waals surface area (Å²) in [7, 11) is 0. The summed E-state index contributed by atoms with van der Waals surface area (Å²) in [5, 5.41) is 9.57. The van der Waals surface area contributed by atoms with Crippen molar-refractivity contribution in [3.63, 3.8) is 0 Å². The van der Waals surface area contributed by atoms with Crippen LogP contribution in [-0.2, 0) is 11.3 Å². The maximum Gasteiger partial charge on any atom is 0.325 e. The minimum absolute atomic E-state index is 0.0291. The Morgan fingerprint density at radius 3 is 2.74 bits per heavy atom. The number of rotatable bonds is 4. The van der Waals surface area contributed by atoms with Gasteiger partial charge < -0.3 is 5.32 Å². The minimum atomic E-state index is -0.556. The highest BCUT2D eigenvalue weighted by molar-refractivity contribution is 5.97. The number of pyridine rings is 1. The van der Waals surface area contributed by atoms with E-state index in [2.05, 4.69) is 25.5 Å². The van der Waals surface area contributed by atoms with Crippen molar-refractivity contribution in [1.29, 1.82) is 0 Å². The molecule has 136 valence electrons. The molecule has 8 nitrogen and oxygen atoms in total. The zero-order chi connectivity index (χ0) is 18.8. The van der Waals surface area contributed by atoms with Crippen LogP contribution in [0.2, 0.25) is 0 Å². The van der Waals surface area contributed by atoms with Gasteiger partial charge in [0.1, 0.15) is 11.6 Å². The van der Waals surface area contributed by atoms with Gasteiger partial charge >= 0.3 is 6.03 Å². The molecule has 3 aromatic rings. The number of H-pyrrole nitrogens is 1. The van der Waals surface area contributed by atoms with E-state index in [1.807, 2.05) is 0 Å². The highest BCUT2D eigenvalue weighted by Crippen LogP contribution is 2.24. The van der Waals surface area contributed by atoms with Crippen molar-refractivity contribution in [2.45, 2.75) is 19.0 Å². The van der Waals surface area contributed by atoms with E-state index >= 15 is 0 Å². The molecule has 2 aromatic heterocycles. The van der Waals surface area contributed by atoms with E-state index in [9.17, 15) is 14.0 Å². The number of carbonyl (C=O) groups excluding carboxylic acids is 2. The van der Waals surface area contributed by atoms with Gasteiger partial charge in [-0.05, 0) is 29.8 Å². The second-order valence-corrected chi connectivity index (χ2v) is 6.08. The molecule has 0 aliphatic carbocycles. The molecule has 1 aromatic carbocycles. The molecular weight excluding hydrogens is 351 g/mol. The highest BCUT2D eigenvalue weighted by Gasteiger charge is 2.33. The molecule has 0 spiro atoms. The number of imide groups is 1. The van der Waals surface area contributed by atoms with Gasteiger partial charge in [-0.2, -0.15) is 5.10 Å². The number of nitrogens with zero attached hydrogens (tertiary/aromatic N) is 4. The topological polar surface area (TPSA) is 104 Å². The van der Waals surface area contributed by atoms with E-state index in [0.717, 1.165) is 10.5 Å². The van der Waals surface area contributed by atoms with Crippen LogP contribution in [0.5, 0.6) is 0 Å². The standard InChI is InChI=1S/C18H15FN6O2/c19-13-3-1-2-12(8-13)14-9-16(26)25(18(27)21-14)10-15-22-17(24-23-15)11-4-6-20-7-5-11/h1-8,14H,9-10H2,(H,21,27)(H,22,23,24). The molecule has 4 rings (SSSR count). The van der Waals surface area contributed by atoms with Gasteiger partial charge in [-0.3, -0.25) is 19.8 Å². The van der Waals surface area contributed by atoms with Crippen molar-refractivity contribution < 1.29 is 14.0 Å². The van der Waals surface area contributed by atoms with Crippen LogP contribution in [0.15, 0.2) is 48.8 Å². The van der Waals surface area contributed by atoms with Gasteiger partial charge in [0.25, 0.3) is 0 Å². The fraction of sp³-hybridized carbons (Fsp3) is 0.167. The van der Waals surface area contributed by atoms with E-state index in [0.29, 0.717) is 17.2 Å². The zero-order valence-corrected chi connectivity index (χ0v) is 14.1. The van der Waals surface area contributed by atoms with Gasteiger partial charge in [-0.15, -0.1) is 0 Å². The van der Waals surface area contributed by atoms with Crippen LogP contribution < -0.4 is 5.32 Å². The van der Waals surface area contributed by atoms with E-state index in [1.54, 1.807) is 36.7 Å². The first kappa shape index (κ1) is 16.8. The van der Waals surface area contributed by atoms with Crippen molar-refractivity contribution >= 4 is 11.9 Å². The Morgan fingerprint density at radius 1 is 1.19 bits per heavy atom. The summed E-state index contributed by atoms with van der Waals surface area (Å²) in [5.41, 5.74) is 1.32. The maximum absolute atomic E-state index is 13.4. The third kappa shape index (κ3) is 3.52. The Labute approximate surface area is 153 Å². The number of halogens is 1. The Hall–Kier alpha value is -3.62. The zero-order valence-electron chi connectivity index (χ0n) is 14.1. The van der Waals surface area contributed by atoms with Crippen molar-refractivity contribution in [2.75, 3.05) is 0 Å². The third-order valence-corrected chi connectivity index (χ3v) is 4.25. The first-order chi connectivity index (χ1) is 13.1. The molecule has 27 heavy (non-hydrogen) atoms. The van der Waals surface area contributed by atoms with Gasteiger partial charge in [-0.1, -0.05) is 12.1 Å². The van der Waals surface area contributed by atoms with Crippen LogP contribution in [0.3, 0.4) is 0 Å². The molecule has 0 saturated carbocycles. The van der Waals surface area contributed by atoms with Crippen LogP contribution >= 0.6 is 0 Å². The maximum atomic E-state index is 13.4. The van der Waals surface area contributed by atoms with E-state index in [4.69, 9.17) is 0 Å². The Balaban J connectivity index is 1.47. The average Bonchev–Trinajstić information content (AvgIpc) is 3.14. The molecular formula is C18H15FN6O2.